The number of anilines is 2. The summed E-state index contributed by atoms with van der Waals surface area (Å²) in [7, 11) is 0. The second-order valence-electron chi connectivity index (χ2n) is 6.05. The molecule has 1 saturated carbocycles. The zero-order valence-corrected chi connectivity index (χ0v) is 15.6. The van der Waals surface area contributed by atoms with E-state index in [4.69, 9.17) is 22.4 Å². The summed E-state index contributed by atoms with van der Waals surface area (Å²) < 4.78 is 0. The van der Waals surface area contributed by atoms with E-state index in [0.717, 1.165) is 0 Å². The first-order chi connectivity index (χ1) is 12.9. The van der Waals surface area contributed by atoms with Crippen LogP contribution in [0.4, 0.5) is 11.8 Å². The van der Waals surface area contributed by atoms with Crippen molar-refractivity contribution in [3.05, 3.63) is 26.8 Å². The monoisotopic (exact) mass is 411 g/mol. The van der Waals surface area contributed by atoms with E-state index >= 15 is 0 Å². The molecule has 0 amide bonds. The normalized spacial score (nSPS) is 24.5. The minimum absolute atomic E-state index is 0.0307. The standard InChI is InChI=1S/C16H18ClN5O4S/c17-14-9(1-2-11-19-4-8(6-24)27-11)15(22-16(18)21-14)20-10-3-7(5-23)12(25)13(10)26/h4,7,10,12-13,23-26H,3,5-6H2,(H3,18,20,21,22)/t7-,10-,12-,13+/m1/s1. The quantitative estimate of drug-likeness (QED) is 0.290. The number of aliphatic hydroxyl groups is 4. The van der Waals surface area contributed by atoms with E-state index in [-0.39, 0.29) is 35.7 Å². The molecule has 3 rings (SSSR count). The Bertz CT molecular complexity index is 883. The van der Waals surface area contributed by atoms with Gasteiger partial charge in [0.15, 0.2) is 10.2 Å². The molecule has 0 unspecified atom stereocenters. The number of hydrogen-bond donors (Lipinski definition) is 6. The van der Waals surface area contributed by atoms with Gasteiger partial charge in [-0.3, -0.25) is 0 Å². The van der Waals surface area contributed by atoms with Gasteiger partial charge in [-0.2, -0.15) is 9.97 Å². The molecule has 0 bridgehead atoms. The third kappa shape index (κ3) is 4.30. The molecule has 144 valence electrons. The molecule has 27 heavy (non-hydrogen) atoms. The Kier molecular flexibility index (Phi) is 6.11. The third-order valence-electron chi connectivity index (χ3n) is 4.24. The Morgan fingerprint density at radius 3 is 2.67 bits per heavy atom. The van der Waals surface area contributed by atoms with Crippen LogP contribution >= 0.6 is 22.9 Å². The van der Waals surface area contributed by atoms with Crippen LogP contribution in [-0.4, -0.2) is 60.2 Å². The largest absolute Gasteiger partial charge is 0.396 e. The smallest absolute Gasteiger partial charge is 0.223 e. The number of aromatic nitrogens is 3. The minimum atomic E-state index is -1.09. The van der Waals surface area contributed by atoms with E-state index in [1.165, 1.54) is 17.5 Å². The van der Waals surface area contributed by atoms with E-state index in [1.54, 1.807) is 0 Å². The predicted molar refractivity (Wildman–Crippen MR) is 100 cm³/mol. The summed E-state index contributed by atoms with van der Waals surface area (Å²) in [6.07, 6.45) is -0.285. The number of rotatable bonds is 4. The first-order valence-corrected chi connectivity index (χ1v) is 9.26. The maximum atomic E-state index is 10.2. The van der Waals surface area contributed by atoms with Crippen LogP contribution in [0.1, 0.15) is 21.9 Å². The molecule has 1 aliphatic rings. The molecule has 0 radical (unpaired) electrons. The Hall–Kier alpha value is -2.00. The molecule has 0 saturated heterocycles. The number of nitrogens with zero attached hydrogens (tertiary/aromatic N) is 3. The van der Waals surface area contributed by atoms with Gasteiger partial charge in [-0.1, -0.05) is 17.5 Å². The average molecular weight is 412 g/mol. The molecule has 0 aliphatic heterocycles. The Balaban J connectivity index is 1.90. The van der Waals surface area contributed by atoms with Crippen LogP contribution in [-0.2, 0) is 6.61 Å². The van der Waals surface area contributed by atoms with Crippen molar-refractivity contribution in [1.82, 2.24) is 15.0 Å². The highest BCUT2D eigenvalue weighted by Gasteiger charge is 2.41. The second kappa shape index (κ2) is 8.35. The molecule has 2 heterocycles. The third-order valence-corrected chi connectivity index (χ3v) is 5.42. The van der Waals surface area contributed by atoms with Crippen molar-refractivity contribution in [2.75, 3.05) is 17.7 Å². The fourth-order valence-corrected chi connectivity index (χ4v) is 3.69. The van der Waals surface area contributed by atoms with E-state index in [0.29, 0.717) is 16.3 Å². The fourth-order valence-electron chi connectivity index (χ4n) is 2.84. The lowest BCUT2D eigenvalue weighted by molar-refractivity contribution is 0.00445. The molecule has 4 atom stereocenters. The summed E-state index contributed by atoms with van der Waals surface area (Å²) in [5.41, 5.74) is 5.93. The highest BCUT2D eigenvalue weighted by molar-refractivity contribution is 7.12. The molecule has 11 heteroatoms. The molecular formula is C16H18ClN5O4S. The molecule has 2 aromatic rings. The number of aliphatic hydroxyl groups excluding tert-OH is 4. The number of thiazole rings is 1. The first-order valence-electron chi connectivity index (χ1n) is 8.07. The molecule has 0 aromatic carbocycles. The highest BCUT2D eigenvalue weighted by atomic mass is 35.5. The van der Waals surface area contributed by atoms with Gasteiger partial charge in [-0.25, -0.2) is 4.98 Å². The molecule has 9 nitrogen and oxygen atoms in total. The topological polar surface area (TPSA) is 158 Å². The summed E-state index contributed by atoms with van der Waals surface area (Å²) in [4.78, 5) is 12.7. The molecule has 1 aliphatic carbocycles. The Morgan fingerprint density at radius 1 is 1.26 bits per heavy atom. The van der Waals surface area contributed by atoms with Crippen LogP contribution in [0.3, 0.4) is 0 Å². The maximum Gasteiger partial charge on any atom is 0.223 e. The van der Waals surface area contributed by atoms with Gasteiger partial charge in [0.05, 0.1) is 23.6 Å². The average Bonchev–Trinajstić information content (AvgIpc) is 3.20. The van der Waals surface area contributed by atoms with Gasteiger partial charge in [0.25, 0.3) is 0 Å². The first kappa shape index (κ1) is 19.8. The van der Waals surface area contributed by atoms with E-state index < -0.39 is 24.2 Å². The fraction of sp³-hybridized carbons (Fsp3) is 0.438. The minimum Gasteiger partial charge on any atom is -0.396 e. The number of hydrogen-bond acceptors (Lipinski definition) is 10. The van der Waals surface area contributed by atoms with Gasteiger partial charge in [-0.05, 0) is 12.3 Å². The molecular weight excluding hydrogens is 394 g/mol. The lowest BCUT2D eigenvalue weighted by Gasteiger charge is -2.19. The van der Waals surface area contributed by atoms with Crippen LogP contribution < -0.4 is 11.1 Å². The SMILES string of the molecule is Nc1nc(Cl)c(C#Cc2ncc(CO)s2)c(N[C@@H]2C[C@H](CO)[C@@H](O)[C@H]2O)n1. The summed E-state index contributed by atoms with van der Waals surface area (Å²) in [5.74, 6) is 5.36. The number of nitrogens with two attached hydrogens (primary N) is 1. The Labute approximate surface area is 163 Å². The van der Waals surface area contributed by atoms with Crippen molar-refractivity contribution in [2.45, 2.75) is 31.3 Å². The Morgan fingerprint density at radius 2 is 2.04 bits per heavy atom. The van der Waals surface area contributed by atoms with Crippen LogP contribution in [0.25, 0.3) is 0 Å². The van der Waals surface area contributed by atoms with Crippen molar-refractivity contribution in [3.63, 3.8) is 0 Å². The summed E-state index contributed by atoms with van der Waals surface area (Å²) >= 11 is 7.40. The molecule has 7 N–H and O–H groups in total. The summed E-state index contributed by atoms with van der Waals surface area (Å²) in [6, 6.07) is -0.566. The van der Waals surface area contributed by atoms with Crippen LogP contribution in [0.2, 0.25) is 5.15 Å². The lowest BCUT2D eigenvalue weighted by Crippen LogP contribution is -2.35. The molecule has 1 fully saturated rings. The van der Waals surface area contributed by atoms with Crippen LogP contribution in [0.15, 0.2) is 6.20 Å². The van der Waals surface area contributed by atoms with Gasteiger partial charge in [0, 0.05) is 18.7 Å². The van der Waals surface area contributed by atoms with Crippen molar-refractivity contribution in [2.24, 2.45) is 5.92 Å². The number of nitrogen functional groups attached to an aromatic ring is 1. The zero-order valence-electron chi connectivity index (χ0n) is 14.0. The predicted octanol–water partition coefficient (Wildman–Crippen LogP) is -0.425. The van der Waals surface area contributed by atoms with Crippen molar-refractivity contribution in [1.29, 1.82) is 0 Å². The van der Waals surface area contributed by atoms with E-state index in [2.05, 4.69) is 32.1 Å². The second-order valence-corrected chi connectivity index (χ2v) is 7.52. The van der Waals surface area contributed by atoms with Crippen LogP contribution in [0, 0.1) is 17.8 Å². The highest BCUT2D eigenvalue weighted by Crippen LogP contribution is 2.30. The summed E-state index contributed by atoms with van der Waals surface area (Å²) in [6.45, 7) is -0.362. The molecule has 0 spiro atoms. The van der Waals surface area contributed by atoms with E-state index in [1.807, 2.05) is 0 Å². The number of halogens is 1. The summed E-state index contributed by atoms with van der Waals surface area (Å²) in [5, 5.41) is 42.1. The number of nitrogens with one attached hydrogen (secondary N) is 1. The zero-order chi connectivity index (χ0) is 19.6. The van der Waals surface area contributed by atoms with Crippen molar-refractivity contribution < 1.29 is 20.4 Å². The van der Waals surface area contributed by atoms with Gasteiger partial charge < -0.3 is 31.5 Å². The molecule has 2 aromatic heterocycles. The van der Waals surface area contributed by atoms with Crippen molar-refractivity contribution in [3.8, 4) is 11.8 Å². The van der Waals surface area contributed by atoms with Gasteiger partial charge >= 0.3 is 0 Å². The van der Waals surface area contributed by atoms with E-state index in [9.17, 15) is 15.3 Å². The van der Waals surface area contributed by atoms with Crippen LogP contribution in [0.5, 0.6) is 0 Å². The van der Waals surface area contributed by atoms with Gasteiger partial charge in [0.1, 0.15) is 17.5 Å². The van der Waals surface area contributed by atoms with Gasteiger partial charge in [0.2, 0.25) is 5.95 Å². The van der Waals surface area contributed by atoms with Crippen molar-refractivity contribution >= 4 is 34.7 Å². The lowest BCUT2D eigenvalue weighted by atomic mass is 10.1. The maximum absolute atomic E-state index is 10.2. The van der Waals surface area contributed by atoms with Gasteiger partial charge in [-0.15, -0.1) is 11.3 Å².